The number of aromatic nitrogens is 2. The monoisotopic (exact) mass is 456 g/mol. The van der Waals surface area contributed by atoms with Gasteiger partial charge in [0.1, 0.15) is 11.4 Å². The van der Waals surface area contributed by atoms with Crippen molar-refractivity contribution in [3.8, 4) is 0 Å². The highest BCUT2D eigenvalue weighted by Crippen LogP contribution is 2.36. The summed E-state index contributed by atoms with van der Waals surface area (Å²) in [5.74, 6) is -1.09. The van der Waals surface area contributed by atoms with Crippen LogP contribution in [0.4, 0.5) is 42.0 Å². The van der Waals surface area contributed by atoms with E-state index in [0.29, 0.717) is 30.4 Å². The van der Waals surface area contributed by atoms with Crippen LogP contribution >= 0.6 is 0 Å². The number of fused-ring (bicyclic) bond motifs is 1. The minimum Gasteiger partial charge on any atom is -0.355 e. The Morgan fingerprint density at radius 3 is 2.64 bits per heavy atom. The number of nitrogens with zero attached hydrogens (tertiary/aromatic N) is 2. The van der Waals surface area contributed by atoms with Gasteiger partial charge in [-0.2, -0.15) is 18.2 Å². The predicted molar refractivity (Wildman–Crippen MR) is 117 cm³/mol. The first kappa shape index (κ1) is 22.1. The van der Waals surface area contributed by atoms with Gasteiger partial charge < -0.3 is 21.3 Å². The van der Waals surface area contributed by atoms with E-state index in [1.807, 2.05) is 0 Å². The van der Waals surface area contributed by atoms with Crippen LogP contribution in [0.5, 0.6) is 0 Å². The third-order valence-electron chi connectivity index (χ3n) is 5.00. The normalized spacial score (nSPS) is 13.0. The van der Waals surface area contributed by atoms with Crippen molar-refractivity contribution in [3.05, 3.63) is 65.4 Å². The first-order chi connectivity index (χ1) is 15.7. The highest BCUT2D eigenvalue weighted by Gasteiger charge is 2.35. The van der Waals surface area contributed by atoms with Gasteiger partial charge in [0.25, 0.3) is 5.91 Å². The van der Waals surface area contributed by atoms with Gasteiger partial charge in [0.05, 0.1) is 11.3 Å². The van der Waals surface area contributed by atoms with Gasteiger partial charge in [-0.1, -0.05) is 12.1 Å². The number of carbonyl (C=O) groups is 2. The van der Waals surface area contributed by atoms with Crippen molar-refractivity contribution in [2.45, 2.75) is 19.0 Å². The second kappa shape index (κ2) is 8.77. The van der Waals surface area contributed by atoms with Crippen LogP contribution in [0.25, 0.3) is 0 Å². The maximum absolute atomic E-state index is 13.6. The van der Waals surface area contributed by atoms with E-state index in [9.17, 15) is 22.8 Å². The van der Waals surface area contributed by atoms with Crippen LogP contribution in [0.3, 0.4) is 0 Å². The van der Waals surface area contributed by atoms with E-state index >= 15 is 0 Å². The molecule has 33 heavy (non-hydrogen) atoms. The fourth-order valence-electron chi connectivity index (χ4n) is 3.39. The molecule has 3 aromatic rings. The molecule has 0 fully saturated rings. The molecule has 2 amide bonds. The molecule has 8 nitrogen and oxygen atoms in total. The summed E-state index contributed by atoms with van der Waals surface area (Å²) in [4.78, 5) is 31.5. The zero-order valence-corrected chi connectivity index (χ0v) is 17.4. The number of hydrogen-bond acceptors (Lipinski definition) is 6. The van der Waals surface area contributed by atoms with Crippen LogP contribution in [0.15, 0.2) is 48.7 Å². The second-order valence-corrected chi connectivity index (χ2v) is 7.25. The number of rotatable bonds is 5. The molecule has 0 unspecified atom stereocenters. The molecule has 2 aromatic carbocycles. The Morgan fingerprint density at radius 2 is 1.88 bits per heavy atom. The van der Waals surface area contributed by atoms with E-state index in [1.54, 1.807) is 30.3 Å². The third kappa shape index (κ3) is 4.86. The molecule has 0 radical (unpaired) electrons. The number of hydrogen-bond donors (Lipinski definition) is 4. The lowest BCUT2D eigenvalue weighted by Gasteiger charge is -2.18. The zero-order chi connectivity index (χ0) is 23.6. The summed E-state index contributed by atoms with van der Waals surface area (Å²) >= 11 is 0. The number of para-hydroxylation sites is 1. The predicted octanol–water partition coefficient (Wildman–Crippen LogP) is 4.23. The number of amides is 2. The van der Waals surface area contributed by atoms with E-state index in [-0.39, 0.29) is 23.1 Å². The first-order valence-corrected chi connectivity index (χ1v) is 9.97. The van der Waals surface area contributed by atoms with E-state index in [2.05, 4.69) is 31.2 Å². The third-order valence-corrected chi connectivity index (χ3v) is 5.00. The lowest BCUT2D eigenvalue weighted by atomic mass is 10.0. The molecule has 0 saturated carbocycles. The number of benzene rings is 2. The lowest BCUT2D eigenvalue weighted by Crippen LogP contribution is -2.20. The molecular weight excluding hydrogens is 437 g/mol. The largest absolute Gasteiger partial charge is 0.421 e. The summed E-state index contributed by atoms with van der Waals surface area (Å²) in [6.07, 6.45) is -3.13. The molecule has 4 N–H and O–H groups in total. The summed E-state index contributed by atoms with van der Waals surface area (Å²) in [6, 6.07) is 11.3. The number of halogens is 3. The summed E-state index contributed by atoms with van der Waals surface area (Å²) in [7, 11) is 1.43. The molecule has 1 aliphatic heterocycles. The van der Waals surface area contributed by atoms with E-state index in [0.717, 1.165) is 5.56 Å². The minimum atomic E-state index is -4.72. The molecular formula is C22H19F3N6O2. The Hall–Kier alpha value is -4.15. The van der Waals surface area contributed by atoms with Crippen LogP contribution in [0, 0.1) is 0 Å². The first-order valence-electron chi connectivity index (χ1n) is 9.97. The Bertz CT molecular complexity index is 1230. The van der Waals surface area contributed by atoms with Gasteiger partial charge in [0, 0.05) is 31.0 Å². The van der Waals surface area contributed by atoms with Crippen molar-refractivity contribution in [3.63, 3.8) is 0 Å². The topological polar surface area (TPSA) is 108 Å². The molecule has 0 atom stereocenters. The zero-order valence-electron chi connectivity index (χ0n) is 17.4. The molecule has 0 saturated heterocycles. The summed E-state index contributed by atoms with van der Waals surface area (Å²) in [5, 5.41) is 10.7. The standard InChI is InChI=1S/C22H19F3N6O2/c1-26-20(33)14-4-2-3-5-17(14)30-19-15(22(23,24)25)11-27-21(31-19)28-13-7-8-16-12(10-13)6-9-18(32)29-16/h2-5,7-8,10-11H,6,9H2,1H3,(H,26,33)(H,29,32)(H2,27,28,30,31). The Kier molecular flexibility index (Phi) is 5.86. The van der Waals surface area contributed by atoms with Gasteiger partial charge in [-0.25, -0.2) is 4.98 Å². The van der Waals surface area contributed by atoms with Gasteiger partial charge in [-0.05, 0) is 42.3 Å². The van der Waals surface area contributed by atoms with Gasteiger partial charge in [0.2, 0.25) is 11.9 Å². The average Bonchev–Trinajstić information content (AvgIpc) is 2.78. The fourth-order valence-corrected chi connectivity index (χ4v) is 3.39. The van der Waals surface area contributed by atoms with Crippen LogP contribution in [0.2, 0.25) is 0 Å². The average molecular weight is 456 g/mol. The van der Waals surface area contributed by atoms with Crippen LogP contribution in [0.1, 0.15) is 27.9 Å². The van der Waals surface area contributed by atoms with Crippen LogP contribution in [-0.2, 0) is 17.4 Å². The van der Waals surface area contributed by atoms with Gasteiger partial charge in [-0.15, -0.1) is 0 Å². The van der Waals surface area contributed by atoms with Crippen molar-refractivity contribution in [2.75, 3.05) is 23.0 Å². The molecule has 0 aliphatic carbocycles. The van der Waals surface area contributed by atoms with Crippen molar-refractivity contribution in [2.24, 2.45) is 0 Å². The van der Waals surface area contributed by atoms with E-state index < -0.39 is 23.5 Å². The quantitative estimate of drug-likeness (QED) is 0.458. The SMILES string of the molecule is CNC(=O)c1ccccc1Nc1nc(Nc2ccc3c(c2)CCC(=O)N3)ncc1C(F)(F)F. The smallest absolute Gasteiger partial charge is 0.355 e. The van der Waals surface area contributed by atoms with Gasteiger partial charge in [0.15, 0.2) is 0 Å². The number of carbonyl (C=O) groups excluding carboxylic acids is 2. The highest BCUT2D eigenvalue weighted by molar-refractivity contribution is 6.00. The molecule has 1 aromatic heterocycles. The molecule has 4 rings (SSSR count). The summed E-state index contributed by atoms with van der Waals surface area (Å²) in [6.45, 7) is 0. The summed E-state index contributed by atoms with van der Waals surface area (Å²) in [5.41, 5.74) is 1.39. The fraction of sp³-hybridized carbons (Fsp3) is 0.182. The van der Waals surface area contributed by atoms with Crippen LogP contribution in [-0.4, -0.2) is 28.8 Å². The molecule has 2 heterocycles. The Balaban J connectivity index is 1.67. The Labute approximate surface area is 186 Å². The van der Waals surface area contributed by atoms with Gasteiger partial charge in [-0.3, -0.25) is 9.59 Å². The molecule has 1 aliphatic rings. The van der Waals surface area contributed by atoms with Crippen molar-refractivity contribution in [1.82, 2.24) is 15.3 Å². The number of anilines is 5. The number of aryl methyl sites for hydroxylation is 1. The maximum atomic E-state index is 13.6. The summed E-state index contributed by atoms with van der Waals surface area (Å²) < 4.78 is 40.8. The maximum Gasteiger partial charge on any atom is 0.421 e. The van der Waals surface area contributed by atoms with Gasteiger partial charge >= 0.3 is 6.18 Å². The van der Waals surface area contributed by atoms with Crippen molar-refractivity contribution < 1.29 is 22.8 Å². The number of nitrogens with one attached hydrogen (secondary N) is 4. The molecule has 170 valence electrons. The molecule has 0 bridgehead atoms. The van der Waals surface area contributed by atoms with E-state index in [1.165, 1.54) is 19.2 Å². The van der Waals surface area contributed by atoms with Crippen molar-refractivity contribution >= 4 is 40.6 Å². The molecule has 11 heteroatoms. The van der Waals surface area contributed by atoms with E-state index in [4.69, 9.17) is 0 Å². The second-order valence-electron chi connectivity index (χ2n) is 7.25. The number of alkyl halides is 3. The highest BCUT2D eigenvalue weighted by atomic mass is 19.4. The minimum absolute atomic E-state index is 0.0669. The lowest BCUT2D eigenvalue weighted by molar-refractivity contribution is -0.137. The molecule has 0 spiro atoms. The van der Waals surface area contributed by atoms with Crippen LogP contribution < -0.4 is 21.3 Å². The van der Waals surface area contributed by atoms with Crippen molar-refractivity contribution in [1.29, 1.82) is 0 Å². The Morgan fingerprint density at radius 1 is 1.09 bits per heavy atom.